The first-order valence-corrected chi connectivity index (χ1v) is 10.6. The summed E-state index contributed by atoms with van der Waals surface area (Å²) in [4.78, 5) is 16.9. The van der Waals surface area contributed by atoms with Crippen molar-refractivity contribution in [3.63, 3.8) is 0 Å². The number of hydrogen-bond acceptors (Lipinski definition) is 4. The van der Waals surface area contributed by atoms with Crippen LogP contribution in [0.1, 0.15) is 21.5 Å². The van der Waals surface area contributed by atoms with Crippen LogP contribution in [0.3, 0.4) is 0 Å². The maximum atomic E-state index is 12.5. The molecule has 4 aromatic rings. The van der Waals surface area contributed by atoms with Gasteiger partial charge in [0.05, 0.1) is 12.1 Å². The van der Waals surface area contributed by atoms with Gasteiger partial charge in [0.1, 0.15) is 23.6 Å². The predicted octanol–water partition coefficient (Wildman–Crippen LogP) is 7.03. The average molecular weight is 464 g/mol. The maximum absolute atomic E-state index is 12.5. The van der Waals surface area contributed by atoms with E-state index in [4.69, 9.17) is 32.7 Å². The minimum atomic E-state index is -0.206. The summed E-state index contributed by atoms with van der Waals surface area (Å²) in [5.41, 5.74) is 2.88. The molecule has 0 spiro atoms. The number of pyridine rings is 1. The van der Waals surface area contributed by atoms with Gasteiger partial charge in [0.2, 0.25) is 0 Å². The third kappa shape index (κ3) is 4.93. The molecule has 0 saturated heterocycles. The number of carbonyl (C=O) groups is 1. The van der Waals surface area contributed by atoms with Gasteiger partial charge in [-0.25, -0.2) is 0 Å². The summed E-state index contributed by atoms with van der Waals surface area (Å²) >= 11 is 12.0. The van der Waals surface area contributed by atoms with Gasteiger partial charge in [-0.2, -0.15) is 0 Å². The standard InChI is InChI=1S/C26H19Cl2NO3/c1-31-24-12-8-17(7-11-23(30)21-10-9-20(27)15-22(21)28)14-19(24)16-32-25-6-2-4-18-5-3-13-29-26(18)25/h2-15H,16H2,1H3/b11-7+. The highest BCUT2D eigenvalue weighted by atomic mass is 35.5. The molecule has 6 heteroatoms. The molecule has 0 bridgehead atoms. The van der Waals surface area contributed by atoms with Gasteiger partial charge in [0, 0.05) is 27.7 Å². The Labute approximate surface area is 196 Å². The van der Waals surface area contributed by atoms with Gasteiger partial charge in [0.15, 0.2) is 5.78 Å². The molecule has 0 aliphatic rings. The second-order valence-electron chi connectivity index (χ2n) is 7.01. The van der Waals surface area contributed by atoms with E-state index >= 15 is 0 Å². The summed E-state index contributed by atoms with van der Waals surface area (Å²) in [7, 11) is 1.61. The number of ether oxygens (including phenoxy) is 2. The summed E-state index contributed by atoms with van der Waals surface area (Å²) in [6.07, 6.45) is 4.96. The van der Waals surface area contributed by atoms with E-state index in [2.05, 4.69) is 4.98 Å². The number of nitrogens with zero attached hydrogens (tertiary/aromatic N) is 1. The normalized spacial score (nSPS) is 11.1. The summed E-state index contributed by atoms with van der Waals surface area (Å²) in [5, 5.41) is 1.81. The zero-order chi connectivity index (χ0) is 22.5. The van der Waals surface area contributed by atoms with Gasteiger partial charge >= 0.3 is 0 Å². The molecule has 4 rings (SSSR count). The van der Waals surface area contributed by atoms with E-state index in [1.165, 1.54) is 6.08 Å². The van der Waals surface area contributed by atoms with E-state index in [9.17, 15) is 4.79 Å². The number of benzene rings is 3. The van der Waals surface area contributed by atoms with Crippen LogP contribution in [0.2, 0.25) is 10.0 Å². The SMILES string of the molecule is COc1ccc(/C=C/C(=O)c2ccc(Cl)cc2Cl)cc1COc1cccc2cccnc12. The van der Waals surface area contributed by atoms with Crippen molar-refractivity contribution in [3.8, 4) is 11.5 Å². The molecule has 4 nitrogen and oxygen atoms in total. The number of carbonyl (C=O) groups excluding carboxylic acids is 1. The van der Waals surface area contributed by atoms with Crippen LogP contribution in [-0.2, 0) is 6.61 Å². The number of ketones is 1. The van der Waals surface area contributed by atoms with E-state index in [1.807, 2.05) is 48.5 Å². The van der Waals surface area contributed by atoms with Crippen molar-refractivity contribution in [1.82, 2.24) is 4.98 Å². The Bertz CT molecular complexity index is 1310. The molecule has 1 aromatic heterocycles. The van der Waals surface area contributed by atoms with Crippen molar-refractivity contribution in [2.45, 2.75) is 6.61 Å². The Balaban J connectivity index is 1.54. The summed E-state index contributed by atoms with van der Waals surface area (Å²) in [6.45, 7) is 0.289. The first-order valence-electron chi connectivity index (χ1n) is 9.86. The van der Waals surface area contributed by atoms with Crippen LogP contribution in [0.4, 0.5) is 0 Å². The Morgan fingerprint density at radius 3 is 2.66 bits per heavy atom. The minimum Gasteiger partial charge on any atom is -0.496 e. The number of rotatable bonds is 7. The van der Waals surface area contributed by atoms with Crippen molar-refractivity contribution in [2.24, 2.45) is 0 Å². The number of halogens is 2. The summed E-state index contributed by atoms with van der Waals surface area (Å²) in [6, 6.07) is 20.1. The molecule has 0 amide bonds. The lowest BCUT2D eigenvalue weighted by atomic mass is 10.1. The minimum absolute atomic E-state index is 0.206. The average Bonchev–Trinajstić information content (AvgIpc) is 2.81. The Kier molecular flexibility index (Phi) is 6.74. The highest BCUT2D eigenvalue weighted by Crippen LogP contribution is 2.27. The van der Waals surface area contributed by atoms with Crippen LogP contribution in [0.5, 0.6) is 11.5 Å². The number of allylic oxidation sites excluding steroid dienone is 1. The van der Waals surface area contributed by atoms with Crippen LogP contribution >= 0.6 is 23.2 Å². The second kappa shape index (κ2) is 9.86. The van der Waals surface area contributed by atoms with E-state index in [0.29, 0.717) is 27.1 Å². The number of aromatic nitrogens is 1. The fourth-order valence-electron chi connectivity index (χ4n) is 3.31. The van der Waals surface area contributed by atoms with E-state index in [-0.39, 0.29) is 12.4 Å². The van der Waals surface area contributed by atoms with E-state index < -0.39 is 0 Å². The predicted molar refractivity (Wildman–Crippen MR) is 129 cm³/mol. The molecule has 0 fully saturated rings. The third-order valence-electron chi connectivity index (χ3n) is 4.91. The molecule has 3 aromatic carbocycles. The van der Waals surface area contributed by atoms with Crippen LogP contribution < -0.4 is 9.47 Å². The fourth-order valence-corrected chi connectivity index (χ4v) is 3.82. The summed E-state index contributed by atoms with van der Waals surface area (Å²) in [5.74, 6) is 1.18. The van der Waals surface area contributed by atoms with Crippen LogP contribution in [0.25, 0.3) is 17.0 Å². The largest absolute Gasteiger partial charge is 0.496 e. The molecule has 32 heavy (non-hydrogen) atoms. The third-order valence-corrected chi connectivity index (χ3v) is 5.45. The Morgan fingerprint density at radius 2 is 1.84 bits per heavy atom. The van der Waals surface area contributed by atoms with Crippen molar-refractivity contribution in [1.29, 1.82) is 0 Å². The lowest BCUT2D eigenvalue weighted by Gasteiger charge is -2.12. The lowest BCUT2D eigenvalue weighted by Crippen LogP contribution is -2.00. The van der Waals surface area contributed by atoms with Gasteiger partial charge in [-0.1, -0.05) is 53.5 Å². The zero-order valence-corrected chi connectivity index (χ0v) is 18.7. The molecule has 160 valence electrons. The molecular weight excluding hydrogens is 445 g/mol. The molecule has 0 unspecified atom stereocenters. The highest BCUT2D eigenvalue weighted by molar-refractivity contribution is 6.37. The van der Waals surface area contributed by atoms with E-state index in [0.717, 1.165) is 22.0 Å². The van der Waals surface area contributed by atoms with Crippen molar-refractivity contribution < 1.29 is 14.3 Å². The van der Waals surface area contributed by atoms with Crippen LogP contribution in [0, 0.1) is 0 Å². The Morgan fingerprint density at radius 1 is 1.00 bits per heavy atom. The summed E-state index contributed by atoms with van der Waals surface area (Å²) < 4.78 is 11.5. The van der Waals surface area contributed by atoms with Gasteiger partial charge in [-0.3, -0.25) is 9.78 Å². The number of fused-ring (bicyclic) bond motifs is 1. The van der Waals surface area contributed by atoms with Gasteiger partial charge in [-0.05, 0) is 54.1 Å². The molecule has 0 aliphatic carbocycles. The molecule has 1 heterocycles. The first-order chi connectivity index (χ1) is 15.5. The van der Waals surface area contributed by atoms with Crippen molar-refractivity contribution >= 4 is 46.0 Å². The number of hydrogen-bond donors (Lipinski definition) is 0. The van der Waals surface area contributed by atoms with Gasteiger partial charge in [-0.15, -0.1) is 0 Å². The zero-order valence-electron chi connectivity index (χ0n) is 17.2. The molecule has 0 aliphatic heterocycles. The molecule has 0 N–H and O–H groups in total. The smallest absolute Gasteiger partial charge is 0.187 e. The molecule has 0 atom stereocenters. The van der Waals surface area contributed by atoms with Crippen molar-refractivity contribution in [3.05, 3.63) is 106 Å². The van der Waals surface area contributed by atoms with Crippen molar-refractivity contribution in [2.75, 3.05) is 7.11 Å². The molecule has 0 radical (unpaired) electrons. The lowest BCUT2D eigenvalue weighted by molar-refractivity contribution is 0.104. The highest BCUT2D eigenvalue weighted by Gasteiger charge is 2.10. The first kappa shape index (κ1) is 21.9. The fraction of sp³-hybridized carbons (Fsp3) is 0.0769. The molecular formula is C26H19Cl2NO3. The van der Waals surface area contributed by atoms with Crippen LogP contribution in [-0.4, -0.2) is 17.9 Å². The topological polar surface area (TPSA) is 48.4 Å². The number of methoxy groups -OCH3 is 1. The molecule has 0 saturated carbocycles. The monoisotopic (exact) mass is 463 g/mol. The van der Waals surface area contributed by atoms with Gasteiger partial charge in [0.25, 0.3) is 0 Å². The van der Waals surface area contributed by atoms with Gasteiger partial charge < -0.3 is 9.47 Å². The van der Waals surface area contributed by atoms with Crippen LogP contribution in [0.15, 0.2) is 79.0 Å². The number of para-hydroxylation sites is 1. The Hall–Kier alpha value is -3.34. The second-order valence-corrected chi connectivity index (χ2v) is 7.86. The quantitative estimate of drug-likeness (QED) is 0.218. The van der Waals surface area contributed by atoms with E-state index in [1.54, 1.807) is 37.6 Å². The maximum Gasteiger partial charge on any atom is 0.187 e.